The van der Waals surface area contributed by atoms with Crippen molar-refractivity contribution >= 4 is 42.4 Å². The summed E-state index contributed by atoms with van der Waals surface area (Å²) in [5, 5.41) is 3.01. The van der Waals surface area contributed by atoms with Gasteiger partial charge in [0.05, 0.1) is 33.6 Å². The minimum absolute atomic E-state index is 0.0407. The van der Waals surface area contributed by atoms with Gasteiger partial charge in [-0.3, -0.25) is 14.2 Å². The molecule has 1 saturated heterocycles. The van der Waals surface area contributed by atoms with Gasteiger partial charge in [0, 0.05) is 11.7 Å². The number of hydrogen-bond acceptors (Lipinski definition) is 7. The first-order chi connectivity index (χ1) is 15.1. The lowest BCUT2D eigenvalue weighted by Crippen LogP contribution is -2.35. The monoisotopic (exact) mass is 476 g/mol. The average Bonchev–Trinajstić information content (AvgIpc) is 3.08. The molecule has 1 fully saturated rings. The van der Waals surface area contributed by atoms with Crippen LogP contribution in [0.25, 0.3) is 10.9 Å². The van der Waals surface area contributed by atoms with Gasteiger partial charge in [0.25, 0.3) is 5.56 Å². The van der Waals surface area contributed by atoms with Crippen LogP contribution in [0.1, 0.15) is 6.42 Å². The van der Waals surface area contributed by atoms with E-state index in [1.54, 1.807) is 24.3 Å². The molecule has 1 amide bonds. The van der Waals surface area contributed by atoms with Crippen LogP contribution in [0.2, 0.25) is 0 Å². The van der Waals surface area contributed by atoms with E-state index in [0.29, 0.717) is 16.6 Å². The molecular weight excluding hydrogens is 456 g/mol. The fourth-order valence-electron chi connectivity index (χ4n) is 3.47. The van der Waals surface area contributed by atoms with Gasteiger partial charge in [0.15, 0.2) is 9.84 Å². The predicted molar refractivity (Wildman–Crippen MR) is 118 cm³/mol. The number of nitrogens with one attached hydrogen (secondary N) is 2. The number of benzene rings is 2. The van der Waals surface area contributed by atoms with E-state index in [9.17, 15) is 26.4 Å². The first kappa shape index (κ1) is 22.1. The summed E-state index contributed by atoms with van der Waals surface area (Å²) in [5.74, 6) is -0.737. The van der Waals surface area contributed by atoms with E-state index in [-0.39, 0.29) is 34.9 Å². The number of sulfone groups is 1. The van der Waals surface area contributed by atoms with E-state index in [0.717, 1.165) is 0 Å². The summed E-state index contributed by atoms with van der Waals surface area (Å²) in [6, 6.07) is 11.6. The van der Waals surface area contributed by atoms with Crippen LogP contribution in [-0.4, -0.2) is 49.8 Å². The Hall–Kier alpha value is -3.09. The number of sulfonamides is 1. The summed E-state index contributed by atoms with van der Waals surface area (Å²) in [6.07, 6.45) is 1.54. The molecule has 1 aliphatic rings. The first-order valence-electron chi connectivity index (χ1n) is 9.70. The molecule has 1 aliphatic heterocycles. The molecule has 168 valence electrons. The Morgan fingerprint density at radius 3 is 2.53 bits per heavy atom. The number of rotatable bonds is 6. The number of anilines is 1. The van der Waals surface area contributed by atoms with Crippen molar-refractivity contribution in [1.82, 2.24) is 14.3 Å². The maximum absolute atomic E-state index is 12.5. The first-order valence-corrected chi connectivity index (χ1v) is 13.0. The van der Waals surface area contributed by atoms with Crippen molar-refractivity contribution in [2.45, 2.75) is 23.9 Å². The number of aromatic nitrogens is 2. The Kier molecular flexibility index (Phi) is 5.84. The predicted octanol–water partition coefficient (Wildman–Crippen LogP) is 0.501. The van der Waals surface area contributed by atoms with Crippen molar-refractivity contribution in [1.29, 1.82) is 0 Å². The normalized spacial score (nSPS) is 17.9. The summed E-state index contributed by atoms with van der Waals surface area (Å²) in [5.41, 5.74) is 0.543. The Balaban J connectivity index is 1.42. The van der Waals surface area contributed by atoms with Crippen molar-refractivity contribution < 1.29 is 21.6 Å². The highest BCUT2D eigenvalue weighted by Crippen LogP contribution is 2.18. The molecule has 1 aromatic heterocycles. The summed E-state index contributed by atoms with van der Waals surface area (Å²) in [6.45, 7) is -0.256. The van der Waals surface area contributed by atoms with Gasteiger partial charge in [-0.05, 0) is 42.8 Å². The van der Waals surface area contributed by atoms with Crippen LogP contribution in [0, 0.1) is 0 Å². The van der Waals surface area contributed by atoms with Gasteiger partial charge in [-0.2, -0.15) is 0 Å². The third-order valence-corrected chi connectivity index (χ3v) is 8.35. The van der Waals surface area contributed by atoms with Gasteiger partial charge in [0.1, 0.15) is 6.54 Å². The molecule has 2 aromatic carbocycles. The molecule has 0 spiro atoms. The van der Waals surface area contributed by atoms with Gasteiger partial charge in [-0.1, -0.05) is 12.1 Å². The number of para-hydroxylation sites is 1. The zero-order valence-electron chi connectivity index (χ0n) is 16.8. The van der Waals surface area contributed by atoms with Crippen molar-refractivity contribution in [2.24, 2.45) is 0 Å². The van der Waals surface area contributed by atoms with E-state index in [1.807, 2.05) is 0 Å². The highest BCUT2D eigenvalue weighted by Gasteiger charge is 2.31. The SMILES string of the molecule is O=C(Cn1cnc2ccccc2c1=O)Nc1ccc(S(=O)(=O)N[C@@H]2CCS(=O)(=O)C2)cc1. The molecule has 4 rings (SSSR count). The van der Waals surface area contributed by atoms with Crippen LogP contribution < -0.4 is 15.6 Å². The molecule has 0 aliphatic carbocycles. The van der Waals surface area contributed by atoms with Gasteiger partial charge in [0.2, 0.25) is 15.9 Å². The topological polar surface area (TPSA) is 144 Å². The lowest BCUT2D eigenvalue weighted by molar-refractivity contribution is -0.116. The zero-order valence-corrected chi connectivity index (χ0v) is 18.4. The summed E-state index contributed by atoms with van der Waals surface area (Å²) < 4.78 is 51.6. The largest absolute Gasteiger partial charge is 0.325 e. The standard InChI is InChI=1S/C20H20N4O6S2/c25-19(11-24-13-21-18-4-2-1-3-17(18)20(24)26)22-14-5-7-16(8-6-14)32(29,30)23-15-9-10-31(27,28)12-15/h1-8,13,15,23H,9-12H2,(H,22,25)/t15-/m1/s1. The Bertz CT molecular complexity index is 1450. The number of carbonyl (C=O) groups excluding carboxylic acids is 1. The third-order valence-electron chi connectivity index (χ3n) is 5.05. The maximum atomic E-state index is 12.5. The molecule has 32 heavy (non-hydrogen) atoms. The highest BCUT2D eigenvalue weighted by molar-refractivity contribution is 7.92. The smallest absolute Gasteiger partial charge is 0.261 e. The van der Waals surface area contributed by atoms with Crippen molar-refractivity contribution in [3.05, 3.63) is 65.2 Å². The molecule has 12 heteroatoms. The summed E-state index contributed by atoms with van der Waals surface area (Å²) in [4.78, 5) is 29.0. The fourth-order valence-corrected chi connectivity index (χ4v) is 6.52. The Labute approximate surface area is 184 Å². The second-order valence-corrected chi connectivity index (χ2v) is 11.4. The van der Waals surface area contributed by atoms with Crippen molar-refractivity contribution in [3.8, 4) is 0 Å². The van der Waals surface area contributed by atoms with Crippen LogP contribution in [-0.2, 0) is 31.2 Å². The maximum Gasteiger partial charge on any atom is 0.261 e. The van der Waals surface area contributed by atoms with Gasteiger partial charge >= 0.3 is 0 Å². The van der Waals surface area contributed by atoms with Crippen LogP contribution in [0.4, 0.5) is 5.69 Å². The number of amides is 1. The van der Waals surface area contributed by atoms with Crippen LogP contribution >= 0.6 is 0 Å². The number of carbonyl (C=O) groups is 1. The van der Waals surface area contributed by atoms with Crippen LogP contribution in [0.5, 0.6) is 0 Å². The van der Waals surface area contributed by atoms with E-state index in [2.05, 4.69) is 15.0 Å². The summed E-state index contributed by atoms with van der Waals surface area (Å²) >= 11 is 0. The second-order valence-electron chi connectivity index (χ2n) is 7.49. The molecule has 0 bridgehead atoms. The van der Waals surface area contributed by atoms with Crippen molar-refractivity contribution in [3.63, 3.8) is 0 Å². The van der Waals surface area contributed by atoms with E-state index < -0.39 is 31.8 Å². The summed E-state index contributed by atoms with van der Waals surface area (Å²) in [7, 11) is -7.11. The minimum atomic E-state index is -3.89. The molecule has 1 atom stereocenters. The minimum Gasteiger partial charge on any atom is -0.325 e. The molecule has 0 radical (unpaired) electrons. The third kappa shape index (κ3) is 4.87. The molecule has 2 N–H and O–H groups in total. The molecule has 0 saturated carbocycles. The molecule has 10 nitrogen and oxygen atoms in total. The highest BCUT2D eigenvalue weighted by atomic mass is 32.2. The number of fused-ring (bicyclic) bond motifs is 1. The quantitative estimate of drug-likeness (QED) is 0.527. The van der Waals surface area contributed by atoms with Crippen LogP contribution in [0.3, 0.4) is 0 Å². The van der Waals surface area contributed by atoms with E-state index >= 15 is 0 Å². The zero-order chi connectivity index (χ0) is 22.9. The lowest BCUT2D eigenvalue weighted by Gasteiger charge is -2.12. The van der Waals surface area contributed by atoms with Crippen molar-refractivity contribution in [2.75, 3.05) is 16.8 Å². The average molecular weight is 477 g/mol. The lowest BCUT2D eigenvalue weighted by atomic mass is 10.2. The van der Waals surface area contributed by atoms with Gasteiger partial charge in [-0.15, -0.1) is 0 Å². The number of nitrogens with zero attached hydrogens (tertiary/aromatic N) is 2. The Morgan fingerprint density at radius 1 is 1.12 bits per heavy atom. The second kappa shape index (κ2) is 8.45. The number of hydrogen-bond donors (Lipinski definition) is 2. The molecule has 0 unspecified atom stereocenters. The van der Waals surface area contributed by atoms with Crippen LogP contribution in [0.15, 0.2) is 64.5 Å². The van der Waals surface area contributed by atoms with E-state index in [1.165, 1.54) is 35.2 Å². The molecule has 2 heterocycles. The van der Waals surface area contributed by atoms with E-state index in [4.69, 9.17) is 0 Å². The van der Waals surface area contributed by atoms with Gasteiger partial charge in [-0.25, -0.2) is 26.5 Å². The Morgan fingerprint density at radius 2 is 1.84 bits per heavy atom. The fraction of sp³-hybridized carbons (Fsp3) is 0.250. The molecule has 3 aromatic rings. The molecular formula is C20H20N4O6S2. The van der Waals surface area contributed by atoms with Gasteiger partial charge < -0.3 is 5.32 Å².